The van der Waals surface area contributed by atoms with E-state index >= 15 is 0 Å². The fourth-order valence-corrected chi connectivity index (χ4v) is 3.50. The maximum Gasteiger partial charge on any atom is 0.328 e. The van der Waals surface area contributed by atoms with Gasteiger partial charge in [0, 0.05) is 17.8 Å². The molecule has 0 bridgehead atoms. The molecular formula is C24H24N2O4S. The lowest BCUT2D eigenvalue weighted by Gasteiger charge is -2.18. The number of methoxy groups -OCH3 is 1. The second kappa shape index (κ2) is 11.2. The largest absolute Gasteiger partial charge is 0.467 e. The fraction of sp³-hybridized carbons (Fsp3) is 0.208. The summed E-state index contributed by atoms with van der Waals surface area (Å²) >= 11 is 1.60. The van der Waals surface area contributed by atoms with Crippen LogP contribution in [0.2, 0.25) is 0 Å². The maximum absolute atomic E-state index is 13.1. The van der Waals surface area contributed by atoms with E-state index < -0.39 is 12.0 Å². The number of rotatable bonds is 9. The number of ether oxygens (including phenoxy) is 2. The third-order valence-corrected chi connectivity index (χ3v) is 5.23. The number of carbonyl (C=O) groups excluding carboxylic acids is 2. The van der Waals surface area contributed by atoms with Crippen LogP contribution < -0.4 is 10.1 Å². The van der Waals surface area contributed by atoms with Crippen molar-refractivity contribution in [3.8, 4) is 22.8 Å². The fourth-order valence-electron chi connectivity index (χ4n) is 3.03. The number of amides is 1. The molecule has 0 fully saturated rings. The Morgan fingerprint density at radius 2 is 1.84 bits per heavy atom. The Bertz CT molecular complexity index is 1010. The lowest BCUT2D eigenvalue weighted by atomic mass is 9.98. The van der Waals surface area contributed by atoms with Gasteiger partial charge in [-0.1, -0.05) is 36.4 Å². The molecule has 1 amide bonds. The minimum Gasteiger partial charge on any atom is -0.467 e. The molecule has 160 valence electrons. The van der Waals surface area contributed by atoms with E-state index in [1.54, 1.807) is 42.2 Å². The van der Waals surface area contributed by atoms with Crippen LogP contribution in [0.3, 0.4) is 0 Å². The van der Waals surface area contributed by atoms with Crippen molar-refractivity contribution < 1.29 is 19.1 Å². The first-order valence-electron chi connectivity index (χ1n) is 9.78. The highest BCUT2D eigenvalue weighted by molar-refractivity contribution is 7.98. The molecule has 1 heterocycles. The van der Waals surface area contributed by atoms with E-state index in [4.69, 9.17) is 9.47 Å². The summed E-state index contributed by atoms with van der Waals surface area (Å²) in [5.41, 5.74) is 2.00. The maximum atomic E-state index is 13.1. The number of hydrogen-bond donors (Lipinski definition) is 1. The van der Waals surface area contributed by atoms with Crippen molar-refractivity contribution in [1.29, 1.82) is 0 Å². The van der Waals surface area contributed by atoms with E-state index in [0.29, 0.717) is 29.2 Å². The molecular weight excluding hydrogens is 412 g/mol. The first kappa shape index (κ1) is 22.4. The number of aromatic nitrogens is 1. The van der Waals surface area contributed by atoms with Crippen LogP contribution >= 0.6 is 11.8 Å². The summed E-state index contributed by atoms with van der Waals surface area (Å²) < 4.78 is 10.7. The molecule has 0 aliphatic carbocycles. The topological polar surface area (TPSA) is 77.5 Å². The van der Waals surface area contributed by atoms with Crippen molar-refractivity contribution in [2.75, 3.05) is 19.1 Å². The summed E-state index contributed by atoms with van der Waals surface area (Å²) in [7, 11) is 1.32. The van der Waals surface area contributed by atoms with Crippen molar-refractivity contribution >= 4 is 23.6 Å². The van der Waals surface area contributed by atoms with Crippen molar-refractivity contribution in [1.82, 2.24) is 10.3 Å². The minimum atomic E-state index is -0.710. The van der Waals surface area contributed by atoms with Crippen LogP contribution in [0, 0.1) is 0 Å². The average molecular weight is 437 g/mol. The molecule has 0 radical (unpaired) electrons. The summed E-state index contributed by atoms with van der Waals surface area (Å²) in [5, 5.41) is 2.82. The summed E-state index contributed by atoms with van der Waals surface area (Å²) in [6, 6.07) is 19.5. The van der Waals surface area contributed by atoms with Gasteiger partial charge in [-0.05, 0) is 53.8 Å². The Kier molecular flexibility index (Phi) is 8.06. The number of carbonyl (C=O) groups is 2. The lowest BCUT2D eigenvalue weighted by molar-refractivity contribution is -0.142. The molecule has 0 saturated carbocycles. The number of thioether (sulfide) groups is 1. The average Bonchev–Trinajstić information content (AvgIpc) is 2.82. The molecule has 7 heteroatoms. The van der Waals surface area contributed by atoms with Gasteiger partial charge in [-0.25, -0.2) is 9.78 Å². The Morgan fingerprint density at radius 1 is 1.06 bits per heavy atom. The number of nitrogens with zero attached hydrogens (tertiary/aromatic N) is 1. The van der Waals surface area contributed by atoms with Crippen molar-refractivity contribution in [3.05, 3.63) is 78.5 Å². The van der Waals surface area contributed by atoms with Gasteiger partial charge >= 0.3 is 5.97 Å². The van der Waals surface area contributed by atoms with E-state index in [-0.39, 0.29) is 5.91 Å². The number of esters is 1. The molecule has 1 unspecified atom stereocenters. The van der Waals surface area contributed by atoms with Crippen LogP contribution in [0.25, 0.3) is 11.1 Å². The SMILES string of the molecule is COC(=O)C(CCSC)NC(=O)c1ccc(Oc2ccccn2)cc1-c1ccccc1. The number of hydrogen-bond acceptors (Lipinski definition) is 6. The summed E-state index contributed by atoms with van der Waals surface area (Å²) in [5.74, 6) is 0.934. The summed E-state index contributed by atoms with van der Waals surface area (Å²) in [4.78, 5) is 29.4. The zero-order valence-corrected chi connectivity index (χ0v) is 18.2. The highest BCUT2D eigenvalue weighted by Crippen LogP contribution is 2.30. The molecule has 0 aliphatic heterocycles. The van der Waals surface area contributed by atoms with E-state index in [1.165, 1.54) is 7.11 Å². The number of pyridine rings is 1. The molecule has 1 atom stereocenters. The number of nitrogens with one attached hydrogen (secondary N) is 1. The summed E-state index contributed by atoms with van der Waals surface area (Å²) in [6.45, 7) is 0. The van der Waals surface area contributed by atoms with Gasteiger partial charge in [-0.15, -0.1) is 0 Å². The zero-order valence-electron chi connectivity index (χ0n) is 17.4. The van der Waals surface area contributed by atoms with Crippen molar-refractivity contribution in [3.63, 3.8) is 0 Å². The van der Waals surface area contributed by atoms with Crippen LogP contribution in [0.1, 0.15) is 16.8 Å². The first-order chi connectivity index (χ1) is 15.1. The normalized spacial score (nSPS) is 11.4. The number of benzene rings is 2. The molecule has 0 saturated heterocycles. The van der Waals surface area contributed by atoms with Gasteiger partial charge in [0.15, 0.2) is 0 Å². The van der Waals surface area contributed by atoms with Crippen LogP contribution in [0.15, 0.2) is 72.9 Å². The van der Waals surface area contributed by atoms with Crippen LogP contribution in [0.4, 0.5) is 0 Å². The quantitative estimate of drug-likeness (QED) is 0.495. The van der Waals surface area contributed by atoms with Crippen molar-refractivity contribution in [2.45, 2.75) is 12.5 Å². The second-order valence-corrected chi connectivity index (χ2v) is 7.66. The van der Waals surface area contributed by atoms with Gasteiger partial charge < -0.3 is 14.8 Å². The van der Waals surface area contributed by atoms with E-state index in [0.717, 1.165) is 11.3 Å². The van der Waals surface area contributed by atoms with E-state index in [2.05, 4.69) is 10.3 Å². The predicted octanol–water partition coefficient (Wildman–Crippen LogP) is 4.57. The van der Waals surface area contributed by atoms with Gasteiger partial charge in [0.2, 0.25) is 5.88 Å². The molecule has 6 nitrogen and oxygen atoms in total. The van der Waals surface area contributed by atoms with Crippen LogP contribution in [0.5, 0.6) is 11.6 Å². The second-order valence-electron chi connectivity index (χ2n) is 6.67. The Hall–Kier alpha value is -3.32. The van der Waals surface area contributed by atoms with Gasteiger partial charge in [-0.3, -0.25) is 4.79 Å². The van der Waals surface area contributed by atoms with Crippen LogP contribution in [-0.4, -0.2) is 42.0 Å². The summed E-state index contributed by atoms with van der Waals surface area (Å²) in [6.07, 6.45) is 4.09. The minimum absolute atomic E-state index is 0.347. The van der Waals surface area contributed by atoms with Crippen LogP contribution in [-0.2, 0) is 9.53 Å². The van der Waals surface area contributed by atoms with Gasteiger partial charge in [0.25, 0.3) is 5.91 Å². The molecule has 0 aliphatic rings. The highest BCUT2D eigenvalue weighted by atomic mass is 32.2. The Morgan fingerprint density at radius 3 is 2.52 bits per heavy atom. The molecule has 0 spiro atoms. The van der Waals surface area contributed by atoms with E-state index in [1.807, 2.05) is 48.7 Å². The molecule has 3 rings (SSSR count). The van der Waals surface area contributed by atoms with E-state index in [9.17, 15) is 9.59 Å². The molecule has 31 heavy (non-hydrogen) atoms. The van der Waals surface area contributed by atoms with Gasteiger partial charge in [-0.2, -0.15) is 11.8 Å². The smallest absolute Gasteiger partial charge is 0.328 e. The Labute approximate surface area is 186 Å². The molecule has 1 N–H and O–H groups in total. The molecule has 3 aromatic rings. The van der Waals surface area contributed by atoms with Gasteiger partial charge in [0.1, 0.15) is 11.8 Å². The standard InChI is InChI=1S/C24H24N2O4S/c1-29-24(28)21(13-15-31-2)26-23(27)19-12-11-18(30-22-10-6-7-14-25-22)16-20(19)17-8-4-3-5-9-17/h3-12,14,16,21H,13,15H2,1-2H3,(H,26,27). The highest BCUT2D eigenvalue weighted by Gasteiger charge is 2.23. The third-order valence-electron chi connectivity index (χ3n) is 4.58. The monoisotopic (exact) mass is 436 g/mol. The molecule has 1 aromatic heterocycles. The van der Waals surface area contributed by atoms with Gasteiger partial charge in [0.05, 0.1) is 7.11 Å². The zero-order chi connectivity index (χ0) is 22.1. The Balaban J connectivity index is 1.92. The third kappa shape index (κ3) is 6.08. The van der Waals surface area contributed by atoms with Crippen molar-refractivity contribution in [2.24, 2.45) is 0 Å². The lowest BCUT2D eigenvalue weighted by Crippen LogP contribution is -2.42. The first-order valence-corrected chi connectivity index (χ1v) is 11.2. The molecule has 2 aromatic carbocycles. The predicted molar refractivity (Wildman–Crippen MR) is 122 cm³/mol.